The molecule has 0 aliphatic heterocycles. The normalized spacial score (nSPS) is 27.0. The van der Waals surface area contributed by atoms with Crippen molar-refractivity contribution in [3.8, 4) is 11.6 Å². The Labute approximate surface area is 191 Å². The molecule has 2 heterocycles. The molecule has 172 valence electrons. The average molecular weight is 450 g/mol. The summed E-state index contributed by atoms with van der Waals surface area (Å²) in [6.45, 7) is -0.589. The van der Waals surface area contributed by atoms with Crippen molar-refractivity contribution in [1.82, 2.24) is 20.6 Å². The first-order chi connectivity index (χ1) is 16.0. The van der Waals surface area contributed by atoms with Crippen LogP contribution in [0.4, 0.5) is 4.79 Å². The van der Waals surface area contributed by atoms with E-state index in [1.807, 2.05) is 0 Å². The molecule has 3 amide bonds. The van der Waals surface area contributed by atoms with Gasteiger partial charge in [0.05, 0.1) is 6.20 Å². The first-order valence-electron chi connectivity index (χ1n) is 11.3. The number of hydrogen-bond donors (Lipinski definition) is 2. The largest absolute Gasteiger partial charge is 0.452 e. The first-order valence-corrected chi connectivity index (χ1v) is 11.3. The van der Waals surface area contributed by atoms with Gasteiger partial charge < -0.3 is 14.8 Å². The molecule has 0 atom stereocenters. The third-order valence-corrected chi connectivity index (χ3v) is 6.84. The highest BCUT2D eigenvalue weighted by atomic mass is 16.5. The van der Waals surface area contributed by atoms with Crippen LogP contribution >= 0.6 is 0 Å². The first kappa shape index (κ1) is 21.4. The molecule has 2 N–H and O–H groups in total. The van der Waals surface area contributed by atoms with E-state index in [2.05, 4.69) is 20.6 Å². The maximum absolute atomic E-state index is 12.5. The minimum Gasteiger partial charge on any atom is -0.452 e. The van der Waals surface area contributed by atoms with Crippen LogP contribution in [0, 0.1) is 17.8 Å². The summed E-state index contributed by atoms with van der Waals surface area (Å²) >= 11 is 0. The third kappa shape index (κ3) is 4.81. The minimum atomic E-state index is -0.779. The molecule has 9 heteroatoms. The van der Waals surface area contributed by atoms with Crippen molar-refractivity contribution in [2.24, 2.45) is 17.8 Å². The number of aromatic nitrogens is 2. The number of pyridine rings is 2. The van der Waals surface area contributed by atoms with Gasteiger partial charge in [0, 0.05) is 17.9 Å². The number of ether oxygens (including phenoxy) is 2. The summed E-state index contributed by atoms with van der Waals surface area (Å²) in [7, 11) is 0. The van der Waals surface area contributed by atoms with E-state index in [-0.39, 0.29) is 17.0 Å². The van der Waals surface area contributed by atoms with Crippen LogP contribution < -0.4 is 15.4 Å². The number of nitrogens with one attached hydrogen (secondary N) is 2. The van der Waals surface area contributed by atoms with Gasteiger partial charge in [0.1, 0.15) is 11.3 Å². The van der Waals surface area contributed by atoms with Gasteiger partial charge in [0.15, 0.2) is 6.61 Å². The lowest BCUT2D eigenvalue weighted by Gasteiger charge is -2.56. The number of hydrogen-bond acceptors (Lipinski definition) is 7. The lowest BCUT2D eigenvalue weighted by atomic mass is 9.53. The van der Waals surface area contributed by atoms with Gasteiger partial charge in [0.25, 0.3) is 5.91 Å². The van der Waals surface area contributed by atoms with Gasteiger partial charge in [-0.1, -0.05) is 0 Å². The summed E-state index contributed by atoms with van der Waals surface area (Å²) in [6.07, 6.45) is 11.3. The van der Waals surface area contributed by atoms with Crippen molar-refractivity contribution in [3.05, 3.63) is 48.4 Å². The van der Waals surface area contributed by atoms with Crippen LogP contribution in [0.1, 0.15) is 48.9 Å². The molecule has 0 saturated heterocycles. The molecule has 0 unspecified atom stereocenters. The van der Waals surface area contributed by atoms with Crippen LogP contribution in [0.25, 0.3) is 0 Å². The molecule has 2 aromatic rings. The SMILES string of the molecule is O=C(COC(=O)c1cccnc1Oc1cccnc1)NC(=O)NC12CC3CC(CC(C3)C1)C2. The second kappa shape index (κ2) is 8.80. The quantitative estimate of drug-likeness (QED) is 0.649. The zero-order valence-electron chi connectivity index (χ0n) is 18.2. The predicted molar refractivity (Wildman–Crippen MR) is 116 cm³/mol. The molecular weight excluding hydrogens is 424 g/mol. The Morgan fingerprint density at radius 2 is 1.70 bits per heavy atom. The second-order valence-corrected chi connectivity index (χ2v) is 9.42. The monoisotopic (exact) mass is 450 g/mol. The van der Waals surface area contributed by atoms with Gasteiger partial charge in [-0.2, -0.15) is 0 Å². The number of urea groups is 1. The summed E-state index contributed by atoms with van der Waals surface area (Å²) in [6, 6.07) is 5.88. The lowest BCUT2D eigenvalue weighted by Crippen LogP contribution is -2.62. The summed E-state index contributed by atoms with van der Waals surface area (Å²) < 4.78 is 10.7. The van der Waals surface area contributed by atoms with E-state index in [4.69, 9.17) is 9.47 Å². The smallest absolute Gasteiger partial charge is 0.344 e. The molecule has 4 aliphatic rings. The molecule has 2 aromatic heterocycles. The van der Waals surface area contributed by atoms with E-state index in [1.165, 1.54) is 37.7 Å². The minimum absolute atomic E-state index is 0.0375. The molecule has 4 fully saturated rings. The summed E-state index contributed by atoms with van der Waals surface area (Å²) in [4.78, 5) is 45.3. The standard InChI is InChI=1S/C24H26N4O5/c29-20(27-23(31)28-24-10-15-7-16(11-24)9-17(8-15)12-24)14-32-22(30)19-4-2-6-26-21(19)33-18-3-1-5-25-13-18/h1-6,13,15-17H,7-12,14H2,(H2,27,28,29,31). The van der Waals surface area contributed by atoms with Crippen LogP contribution in [0.3, 0.4) is 0 Å². The third-order valence-electron chi connectivity index (χ3n) is 6.84. The molecule has 4 bridgehead atoms. The van der Waals surface area contributed by atoms with Gasteiger partial charge >= 0.3 is 12.0 Å². The molecule has 0 spiro atoms. The van der Waals surface area contributed by atoms with Gasteiger partial charge in [-0.05, 0) is 80.5 Å². The average Bonchev–Trinajstić information content (AvgIpc) is 2.77. The topological polar surface area (TPSA) is 120 Å². The maximum atomic E-state index is 12.5. The lowest BCUT2D eigenvalue weighted by molar-refractivity contribution is -0.123. The number of amides is 3. The van der Waals surface area contributed by atoms with Crippen molar-refractivity contribution >= 4 is 17.9 Å². The van der Waals surface area contributed by atoms with Crippen LogP contribution in [-0.2, 0) is 9.53 Å². The van der Waals surface area contributed by atoms with E-state index in [1.54, 1.807) is 24.4 Å². The van der Waals surface area contributed by atoms with Crippen LogP contribution in [0.2, 0.25) is 0 Å². The summed E-state index contributed by atoms with van der Waals surface area (Å²) in [5.74, 6) is 1.00. The molecule has 4 aliphatic carbocycles. The number of rotatable bonds is 6. The van der Waals surface area contributed by atoms with Crippen molar-refractivity contribution in [1.29, 1.82) is 0 Å². The zero-order valence-corrected chi connectivity index (χ0v) is 18.2. The Morgan fingerprint density at radius 3 is 2.36 bits per heavy atom. The molecule has 4 saturated carbocycles. The van der Waals surface area contributed by atoms with Gasteiger partial charge in [-0.25, -0.2) is 14.6 Å². The van der Waals surface area contributed by atoms with Gasteiger partial charge in [0.2, 0.25) is 5.88 Å². The fraction of sp³-hybridized carbons (Fsp3) is 0.458. The highest BCUT2D eigenvalue weighted by Gasteiger charge is 2.51. The van der Waals surface area contributed by atoms with Crippen molar-refractivity contribution in [2.45, 2.75) is 44.1 Å². The molecule has 0 aromatic carbocycles. The van der Waals surface area contributed by atoms with Gasteiger partial charge in [-0.15, -0.1) is 0 Å². The summed E-state index contributed by atoms with van der Waals surface area (Å²) in [5, 5.41) is 5.36. The fourth-order valence-electron chi connectivity index (χ4n) is 6.05. The number of carbonyl (C=O) groups is 3. The number of carbonyl (C=O) groups excluding carboxylic acids is 3. The Hall–Kier alpha value is -3.49. The zero-order chi connectivity index (χ0) is 22.8. The molecule has 9 nitrogen and oxygen atoms in total. The highest BCUT2D eigenvalue weighted by molar-refractivity contribution is 5.97. The Morgan fingerprint density at radius 1 is 1.00 bits per heavy atom. The van der Waals surface area contributed by atoms with E-state index in [0.717, 1.165) is 19.3 Å². The Balaban J connectivity index is 1.13. The van der Waals surface area contributed by atoms with Crippen LogP contribution in [-0.4, -0.2) is 40.0 Å². The van der Waals surface area contributed by atoms with Crippen LogP contribution in [0.5, 0.6) is 11.6 Å². The van der Waals surface area contributed by atoms with Crippen molar-refractivity contribution < 1.29 is 23.9 Å². The van der Waals surface area contributed by atoms with E-state index in [9.17, 15) is 14.4 Å². The Bertz CT molecular complexity index is 1020. The fourth-order valence-corrected chi connectivity index (χ4v) is 6.05. The number of esters is 1. The molecule has 6 rings (SSSR count). The van der Waals surface area contributed by atoms with Gasteiger partial charge in [-0.3, -0.25) is 15.1 Å². The van der Waals surface area contributed by atoms with E-state index < -0.39 is 24.5 Å². The molecule has 33 heavy (non-hydrogen) atoms. The molecular formula is C24H26N4O5. The summed E-state index contributed by atoms with van der Waals surface area (Å²) in [5.41, 5.74) is -0.142. The van der Waals surface area contributed by atoms with Crippen molar-refractivity contribution in [3.63, 3.8) is 0 Å². The predicted octanol–water partition coefficient (Wildman–Crippen LogP) is 3.22. The van der Waals surface area contributed by atoms with E-state index in [0.29, 0.717) is 23.5 Å². The second-order valence-electron chi connectivity index (χ2n) is 9.42. The maximum Gasteiger partial charge on any atom is 0.344 e. The Kier molecular flexibility index (Phi) is 5.70. The van der Waals surface area contributed by atoms with E-state index >= 15 is 0 Å². The number of imide groups is 1. The molecule has 0 radical (unpaired) electrons. The van der Waals surface area contributed by atoms with Crippen molar-refractivity contribution in [2.75, 3.05) is 6.61 Å². The highest BCUT2D eigenvalue weighted by Crippen LogP contribution is 2.55. The number of nitrogens with zero attached hydrogens (tertiary/aromatic N) is 2. The van der Waals surface area contributed by atoms with Crippen LogP contribution in [0.15, 0.2) is 42.9 Å².